The van der Waals surface area contributed by atoms with Crippen molar-refractivity contribution in [2.24, 2.45) is 10.4 Å². The fourth-order valence-electron chi connectivity index (χ4n) is 3.63. The SMILES string of the molecule is CN=C(NCC(c1cccs1)N(C)C)N1CCC2(CCOC2)C1. The Morgan fingerprint density at radius 2 is 2.39 bits per heavy atom. The molecule has 2 aliphatic heterocycles. The molecule has 2 aliphatic rings. The van der Waals surface area contributed by atoms with E-state index in [1.807, 2.05) is 18.4 Å². The van der Waals surface area contributed by atoms with Crippen LogP contribution in [0.2, 0.25) is 0 Å². The van der Waals surface area contributed by atoms with Gasteiger partial charge < -0.3 is 19.9 Å². The highest BCUT2D eigenvalue weighted by molar-refractivity contribution is 7.10. The molecule has 128 valence electrons. The molecular formula is C17H28N4OS. The van der Waals surface area contributed by atoms with Crippen LogP contribution in [0.3, 0.4) is 0 Å². The van der Waals surface area contributed by atoms with Crippen LogP contribution in [0.1, 0.15) is 23.8 Å². The Morgan fingerprint density at radius 1 is 1.52 bits per heavy atom. The number of likely N-dealkylation sites (N-methyl/N-ethyl adjacent to an activating group) is 1. The van der Waals surface area contributed by atoms with Gasteiger partial charge in [0.05, 0.1) is 12.6 Å². The number of aliphatic imine (C=N–C) groups is 1. The summed E-state index contributed by atoms with van der Waals surface area (Å²) in [5.74, 6) is 1.03. The van der Waals surface area contributed by atoms with E-state index in [-0.39, 0.29) is 0 Å². The molecule has 3 rings (SSSR count). The minimum Gasteiger partial charge on any atom is -0.381 e. The van der Waals surface area contributed by atoms with Crippen molar-refractivity contribution in [1.29, 1.82) is 0 Å². The predicted molar refractivity (Wildman–Crippen MR) is 96.2 cm³/mol. The predicted octanol–water partition coefficient (Wildman–Crippen LogP) is 2.04. The Hall–Kier alpha value is -1.11. The molecule has 0 bridgehead atoms. The van der Waals surface area contributed by atoms with E-state index in [0.29, 0.717) is 11.5 Å². The summed E-state index contributed by atoms with van der Waals surface area (Å²) >= 11 is 1.81. The van der Waals surface area contributed by atoms with Crippen molar-refractivity contribution in [3.63, 3.8) is 0 Å². The largest absolute Gasteiger partial charge is 0.381 e. The van der Waals surface area contributed by atoms with Crippen LogP contribution in [-0.4, -0.2) is 69.8 Å². The summed E-state index contributed by atoms with van der Waals surface area (Å²) < 4.78 is 5.63. The minimum atomic E-state index is 0.367. The zero-order chi connectivity index (χ0) is 16.3. The second-order valence-electron chi connectivity index (χ2n) is 6.90. The number of nitrogens with one attached hydrogen (secondary N) is 1. The average Bonchev–Trinajstić information content (AvgIpc) is 3.27. The number of thiophene rings is 1. The standard InChI is InChI=1S/C17H28N4OS/c1-18-16(21-8-6-17(12-21)7-9-22-13-17)19-11-14(20(2)3)15-5-4-10-23-15/h4-5,10,14H,6-9,11-13H2,1-3H3,(H,18,19). The number of ether oxygens (including phenoxy) is 1. The summed E-state index contributed by atoms with van der Waals surface area (Å²) in [7, 11) is 6.15. The van der Waals surface area contributed by atoms with Gasteiger partial charge in [0.1, 0.15) is 0 Å². The lowest BCUT2D eigenvalue weighted by Crippen LogP contribution is -2.44. The average molecular weight is 337 g/mol. The summed E-state index contributed by atoms with van der Waals surface area (Å²) in [4.78, 5) is 10.6. The van der Waals surface area contributed by atoms with Crippen molar-refractivity contribution in [2.75, 3.05) is 54.0 Å². The number of nitrogens with zero attached hydrogens (tertiary/aromatic N) is 3. The molecule has 2 unspecified atom stereocenters. The van der Waals surface area contributed by atoms with Gasteiger partial charge in [0.2, 0.25) is 0 Å². The fraction of sp³-hybridized carbons (Fsp3) is 0.706. The van der Waals surface area contributed by atoms with Gasteiger partial charge in [-0.05, 0) is 38.4 Å². The molecule has 0 saturated carbocycles. The summed E-state index contributed by atoms with van der Waals surface area (Å²) in [6.45, 7) is 4.85. The lowest BCUT2D eigenvalue weighted by Gasteiger charge is -2.28. The second-order valence-corrected chi connectivity index (χ2v) is 7.88. The first-order valence-corrected chi connectivity index (χ1v) is 9.25. The summed E-state index contributed by atoms with van der Waals surface area (Å²) in [5.41, 5.74) is 0.367. The lowest BCUT2D eigenvalue weighted by molar-refractivity contribution is 0.156. The fourth-order valence-corrected chi connectivity index (χ4v) is 4.55. The Labute approximate surface area is 143 Å². The Morgan fingerprint density at radius 3 is 3.00 bits per heavy atom. The molecule has 1 N–H and O–H groups in total. The molecule has 2 atom stereocenters. The van der Waals surface area contributed by atoms with Crippen LogP contribution >= 0.6 is 11.3 Å². The van der Waals surface area contributed by atoms with E-state index in [9.17, 15) is 0 Å². The molecule has 0 amide bonds. The molecule has 6 heteroatoms. The van der Waals surface area contributed by atoms with E-state index in [1.54, 1.807) is 0 Å². The van der Waals surface area contributed by atoms with E-state index in [4.69, 9.17) is 4.74 Å². The highest BCUT2D eigenvalue weighted by Gasteiger charge is 2.42. The first-order valence-electron chi connectivity index (χ1n) is 8.37. The molecule has 2 saturated heterocycles. The van der Waals surface area contributed by atoms with Crippen LogP contribution in [-0.2, 0) is 4.74 Å². The van der Waals surface area contributed by atoms with Gasteiger partial charge >= 0.3 is 0 Å². The zero-order valence-electron chi connectivity index (χ0n) is 14.4. The van der Waals surface area contributed by atoms with Gasteiger partial charge in [0.25, 0.3) is 0 Å². The molecule has 5 nitrogen and oxygen atoms in total. The molecule has 1 aromatic heterocycles. The molecule has 0 aromatic carbocycles. The van der Waals surface area contributed by atoms with Gasteiger partial charge in [-0.2, -0.15) is 0 Å². The maximum absolute atomic E-state index is 5.63. The molecule has 23 heavy (non-hydrogen) atoms. The van der Waals surface area contributed by atoms with E-state index < -0.39 is 0 Å². The highest BCUT2D eigenvalue weighted by atomic mass is 32.1. The van der Waals surface area contributed by atoms with Crippen molar-refractivity contribution >= 4 is 17.3 Å². The number of hydrogen-bond donors (Lipinski definition) is 1. The molecule has 1 aromatic rings. The molecule has 0 aliphatic carbocycles. The third-order valence-electron chi connectivity index (χ3n) is 5.08. The molecular weight excluding hydrogens is 308 g/mol. The van der Waals surface area contributed by atoms with Crippen LogP contribution in [0.15, 0.2) is 22.5 Å². The van der Waals surface area contributed by atoms with Crippen LogP contribution in [0, 0.1) is 5.41 Å². The lowest BCUT2D eigenvalue weighted by atomic mass is 9.87. The quantitative estimate of drug-likeness (QED) is 0.675. The maximum atomic E-state index is 5.63. The van der Waals surface area contributed by atoms with Crippen LogP contribution < -0.4 is 5.32 Å². The van der Waals surface area contributed by atoms with Crippen molar-refractivity contribution in [3.05, 3.63) is 22.4 Å². The Kier molecular flexibility index (Phi) is 5.24. The molecule has 0 radical (unpaired) electrons. The zero-order valence-corrected chi connectivity index (χ0v) is 15.2. The van der Waals surface area contributed by atoms with Crippen LogP contribution in [0.4, 0.5) is 0 Å². The van der Waals surface area contributed by atoms with Crippen LogP contribution in [0.25, 0.3) is 0 Å². The monoisotopic (exact) mass is 336 g/mol. The number of guanidine groups is 1. The van der Waals surface area contributed by atoms with Crippen molar-refractivity contribution < 1.29 is 4.74 Å². The molecule has 1 spiro atoms. The third kappa shape index (κ3) is 3.70. The van der Waals surface area contributed by atoms with Crippen molar-refractivity contribution in [3.8, 4) is 0 Å². The smallest absolute Gasteiger partial charge is 0.193 e. The Balaban J connectivity index is 1.59. The van der Waals surface area contributed by atoms with Gasteiger partial charge in [0.15, 0.2) is 5.96 Å². The normalized spacial score (nSPS) is 26.4. The molecule has 2 fully saturated rings. The minimum absolute atomic E-state index is 0.367. The van der Waals surface area contributed by atoms with Gasteiger partial charge in [-0.1, -0.05) is 6.07 Å². The third-order valence-corrected chi connectivity index (χ3v) is 6.06. The highest BCUT2D eigenvalue weighted by Crippen LogP contribution is 2.38. The van der Waals surface area contributed by atoms with E-state index in [0.717, 1.165) is 38.8 Å². The van der Waals surface area contributed by atoms with Gasteiger partial charge in [-0.15, -0.1) is 11.3 Å². The van der Waals surface area contributed by atoms with E-state index in [2.05, 4.69) is 51.7 Å². The summed E-state index contributed by atoms with van der Waals surface area (Å²) in [6.07, 6.45) is 2.41. The van der Waals surface area contributed by atoms with Crippen LogP contribution in [0.5, 0.6) is 0 Å². The number of hydrogen-bond acceptors (Lipinski definition) is 4. The summed E-state index contributed by atoms with van der Waals surface area (Å²) in [5, 5.41) is 5.73. The van der Waals surface area contributed by atoms with E-state index in [1.165, 1.54) is 17.7 Å². The van der Waals surface area contributed by atoms with Gasteiger partial charge in [0, 0.05) is 43.6 Å². The molecule has 3 heterocycles. The van der Waals surface area contributed by atoms with Gasteiger partial charge in [-0.25, -0.2) is 0 Å². The number of rotatable bonds is 4. The maximum Gasteiger partial charge on any atom is 0.193 e. The first-order chi connectivity index (χ1) is 11.1. The summed E-state index contributed by atoms with van der Waals surface area (Å²) in [6, 6.07) is 4.70. The topological polar surface area (TPSA) is 40.1 Å². The Bertz CT molecular complexity index is 523. The second kappa shape index (κ2) is 7.20. The first kappa shape index (κ1) is 16.7. The van der Waals surface area contributed by atoms with Gasteiger partial charge in [-0.3, -0.25) is 4.99 Å². The number of likely N-dealkylation sites (tertiary alicyclic amines) is 1. The van der Waals surface area contributed by atoms with Crippen molar-refractivity contribution in [2.45, 2.75) is 18.9 Å². The van der Waals surface area contributed by atoms with Crippen molar-refractivity contribution in [1.82, 2.24) is 15.1 Å². The van der Waals surface area contributed by atoms with E-state index >= 15 is 0 Å².